The number of carbonyl (C=O) groups excluding carboxylic acids is 1. The van der Waals surface area contributed by atoms with E-state index in [9.17, 15) is 4.79 Å². The molecule has 1 aromatic heterocycles. The van der Waals surface area contributed by atoms with Gasteiger partial charge in [-0.25, -0.2) is 9.78 Å². The maximum atomic E-state index is 11.9. The van der Waals surface area contributed by atoms with Crippen LogP contribution in [0.1, 0.15) is 28.7 Å². The highest BCUT2D eigenvalue weighted by molar-refractivity contribution is 6.02. The van der Waals surface area contributed by atoms with E-state index in [1.165, 1.54) is 7.11 Å². The number of aromatic amines is 1. The third kappa shape index (κ3) is 3.26. The number of esters is 1. The average Bonchev–Trinajstić information content (AvgIpc) is 3.11. The Labute approximate surface area is 151 Å². The highest BCUT2D eigenvalue weighted by Gasteiger charge is 2.14. The highest BCUT2D eigenvalue weighted by atomic mass is 16.5. The van der Waals surface area contributed by atoms with Gasteiger partial charge in [-0.05, 0) is 48.4 Å². The molecule has 0 atom stereocenters. The molecule has 0 amide bonds. The number of methoxy groups -OCH3 is 3. The van der Waals surface area contributed by atoms with E-state index in [0.29, 0.717) is 28.4 Å². The van der Waals surface area contributed by atoms with Gasteiger partial charge in [-0.3, -0.25) is 0 Å². The van der Waals surface area contributed by atoms with Crippen LogP contribution in [0, 0.1) is 0 Å². The number of carbonyl (C=O) groups is 1. The molecule has 3 rings (SSSR count). The second-order valence-corrected chi connectivity index (χ2v) is 5.72. The van der Waals surface area contributed by atoms with Crippen LogP contribution in [0.5, 0.6) is 11.5 Å². The lowest BCUT2D eigenvalue weighted by molar-refractivity contribution is 0.0603. The Hall–Kier alpha value is -3.28. The third-order valence-electron chi connectivity index (χ3n) is 4.08. The smallest absolute Gasteiger partial charge is 0.340 e. The number of fused-ring (bicyclic) bond motifs is 1. The predicted molar refractivity (Wildman–Crippen MR) is 101 cm³/mol. The summed E-state index contributed by atoms with van der Waals surface area (Å²) >= 11 is 0. The topological polar surface area (TPSA) is 73.4 Å². The number of hydrogen-bond donors (Lipinski definition) is 1. The van der Waals surface area contributed by atoms with Crippen molar-refractivity contribution < 1.29 is 19.0 Å². The number of para-hydroxylation sites is 1. The molecule has 6 heteroatoms. The van der Waals surface area contributed by atoms with Crippen molar-refractivity contribution in [1.82, 2.24) is 9.97 Å². The standard InChI is InChI=1S/C20H20N2O4/c1-12(10-13-8-9-16(24-2)17(11-13)25-3)19-21-15-7-5-6-14(18(15)22-19)20(23)26-4/h5-11H,1-4H3,(H,21,22)/b12-10+. The second-order valence-electron chi connectivity index (χ2n) is 5.72. The molecule has 6 nitrogen and oxygen atoms in total. The van der Waals surface area contributed by atoms with Crippen molar-refractivity contribution in [2.75, 3.05) is 21.3 Å². The number of hydrogen-bond acceptors (Lipinski definition) is 5. The van der Waals surface area contributed by atoms with Crippen LogP contribution in [-0.4, -0.2) is 37.3 Å². The fraction of sp³-hybridized carbons (Fsp3) is 0.200. The van der Waals surface area contributed by atoms with Crippen molar-refractivity contribution in [3.05, 3.63) is 53.3 Å². The van der Waals surface area contributed by atoms with Crippen molar-refractivity contribution >= 4 is 28.7 Å². The maximum absolute atomic E-state index is 11.9. The van der Waals surface area contributed by atoms with Gasteiger partial charge in [0.15, 0.2) is 11.5 Å². The van der Waals surface area contributed by atoms with Gasteiger partial charge in [-0.1, -0.05) is 12.1 Å². The molecule has 2 aromatic carbocycles. The zero-order valence-corrected chi connectivity index (χ0v) is 15.1. The van der Waals surface area contributed by atoms with Crippen molar-refractivity contribution in [1.29, 1.82) is 0 Å². The lowest BCUT2D eigenvalue weighted by atomic mass is 10.1. The molecular weight excluding hydrogens is 332 g/mol. The van der Waals surface area contributed by atoms with Gasteiger partial charge in [-0.2, -0.15) is 0 Å². The quantitative estimate of drug-likeness (QED) is 0.704. The van der Waals surface area contributed by atoms with Gasteiger partial charge in [0.05, 0.1) is 32.4 Å². The van der Waals surface area contributed by atoms with E-state index in [2.05, 4.69) is 9.97 Å². The summed E-state index contributed by atoms with van der Waals surface area (Å²) in [4.78, 5) is 19.7. The first-order valence-electron chi connectivity index (χ1n) is 8.05. The van der Waals surface area contributed by atoms with Crippen LogP contribution in [-0.2, 0) is 4.74 Å². The fourth-order valence-corrected chi connectivity index (χ4v) is 2.75. The number of H-pyrrole nitrogens is 1. The maximum Gasteiger partial charge on any atom is 0.340 e. The van der Waals surface area contributed by atoms with Gasteiger partial charge in [0.25, 0.3) is 0 Å². The van der Waals surface area contributed by atoms with Gasteiger partial charge in [0.1, 0.15) is 11.3 Å². The Morgan fingerprint density at radius 1 is 1.08 bits per heavy atom. The molecule has 0 fully saturated rings. The number of benzene rings is 2. The molecule has 0 aliphatic heterocycles. The number of imidazole rings is 1. The first kappa shape index (κ1) is 17.5. The summed E-state index contributed by atoms with van der Waals surface area (Å²) < 4.78 is 15.4. The van der Waals surface area contributed by atoms with Crippen LogP contribution >= 0.6 is 0 Å². The van der Waals surface area contributed by atoms with Gasteiger partial charge in [0, 0.05) is 0 Å². The molecule has 1 N–H and O–H groups in total. The number of nitrogens with one attached hydrogen (secondary N) is 1. The summed E-state index contributed by atoms with van der Waals surface area (Å²) in [6, 6.07) is 11.1. The normalized spacial score (nSPS) is 11.5. The molecule has 0 bridgehead atoms. The second kappa shape index (κ2) is 7.31. The van der Waals surface area contributed by atoms with Crippen molar-refractivity contribution in [3.63, 3.8) is 0 Å². The number of rotatable bonds is 5. The van der Waals surface area contributed by atoms with E-state index >= 15 is 0 Å². The highest BCUT2D eigenvalue weighted by Crippen LogP contribution is 2.29. The van der Waals surface area contributed by atoms with Crippen LogP contribution in [0.2, 0.25) is 0 Å². The summed E-state index contributed by atoms with van der Waals surface area (Å²) in [6.45, 7) is 1.95. The summed E-state index contributed by atoms with van der Waals surface area (Å²) in [5.41, 5.74) is 3.68. The van der Waals surface area contributed by atoms with Gasteiger partial charge >= 0.3 is 5.97 Å². The third-order valence-corrected chi connectivity index (χ3v) is 4.08. The zero-order chi connectivity index (χ0) is 18.7. The largest absolute Gasteiger partial charge is 0.493 e. The molecular formula is C20H20N2O4. The predicted octanol–water partition coefficient (Wildman–Crippen LogP) is 3.93. The molecule has 0 aliphatic rings. The van der Waals surface area contributed by atoms with Crippen LogP contribution in [0.4, 0.5) is 0 Å². The number of nitrogens with zero attached hydrogens (tertiary/aromatic N) is 1. The molecule has 3 aromatic rings. The number of aromatic nitrogens is 2. The van der Waals surface area contributed by atoms with Gasteiger partial charge in [-0.15, -0.1) is 0 Å². The Balaban J connectivity index is 2.01. The van der Waals surface area contributed by atoms with Gasteiger partial charge in [0.2, 0.25) is 0 Å². The van der Waals surface area contributed by atoms with E-state index in [1.54, 1.807) is 26.4 Å². The Bertz CT molecular complexity index is 989. The molecule has 0 spiro atoms. The molecule has 0 radical (unpaired) electrons. The first-order chi connectivity index (χ1) is 12.6. The summed E-state index contributed by atoms with van der Waals surface area (Å²) in [5, 5.41) is 0. The molecule has 26 heavy (non-hydrogen) atoms. The molecule has 1 heterocycles. The Morgan fingerprint density at radius 3 is 2.54 bits per heavy atom. The Morgan fingerprint density at radius 2 is 1.85 bits per heavy atom. The van der Waals surface area contributed by atoms with Crippen molar-refractivity contribution in [2.24, 2.45) is 0 Å². The molecule has 134 valence electrons. The monoisotopic (exact) mass is 352 g/mol. The zero-order valence-electron chi connectivity index (χ0n) is 15.1. The summed E-state index contributed by atoms with van der Waals surface area (Å²) in [5.74, 6) is 1.61. The minimum absolute atomic E-state index is 0.407. The molecule has 0 saturated heterocycles. The van der Waals surface area contributed by atoms with Crippen LogP contribution < -0.4 is 9.47 Å². The van der Waals surface area contributed by atoms with E-state index in [0.717, 1.165) is 16.7 Å². The average molecular weight is 352 g/mol. The van der Waals surface area contributed by atoms with Gasteiger partial charge < -0.3 is 19.2 Å². The fourth-order valence-electron chi connectivity index (χ4n) is 2.75. The van der Waals surface area contributed by atoms with Crippen LogP contribution in [0.15, 0.2) is 36.4 Å². The first-order valence-corrected chi connectivity index (χ1v) is 8.05. The lowest BCUT2D eigenvalue weighted by Crippen LogP contribution is -2.01. The summed E-state index contributed by atoms with van der Waals surface area (Å²) in [6.07, 6.45) is 1.98. The molecule has 0 saturated carbocycles. The minimum Gasteiger partial charge on any atom is -0.493 e. The van der Waals surface area contributed by atoms with E-state index in [-0.39, 0.29) is 0 Å². The van der Waals surface area contributed by atoms with E-state index < -0.39 is 5.97 Å². The lowest BCUT2D eigenvalue weighted by Gasteiger charge is -2.08. The summed E-state index contributed by atoms with van der Waals surface area (Å²) in [7, 11) is 4.56. The van der Waals surface area contributed by atoms with Crippen molar-refractivity contribution in [3.8, 4) is 11.5 Å². The van der Waals surface area contributed by atoms with Crippen LogP contribution in [0.25, 0.3) is 22.7 Å². The SMILES string of the molecule is COC(=O)c1cccc2[nH]c(/C(C)=C/c3ccc(OC)c(OC)c3)nc12. The van der Waals surface area contributed by atoms with E-state index in [1.807, 2.05) is 37.3 Å². The van der Waals surface area contributed by atoms with Crippen LogP contribution in [0.3, 0.4) is 0 Å². The minimum atomic E-state index is -0.407. The number of ether oxygens (including phenoxy) is 3. The van der Waals surface area contributed by atoms with Crippen molar-refractivity contribution in [2.45, 2.75) is 6.92 Å². The number of allylic oxidation sites excluding steroid dienone is 1. The molecule has 0 unspecified atom stereocenters. The Kier molecular flexibility index (Phi) is 4.93. The van der Waals surface area contributed by atoms with E-state index in [4.69, 9.17) is 14.2 Å². The molecule has 0 aliphatic carbocycles.